The lowest BCUT2D eigenvalue weighted by Crippen LogP contribution is -2.31. The third-order valence-corrected chi connectivity index (χ3v) is 5.20. The number of nitrogens with zero attached hydrogens (tertiary/aromatic N) is 1. The summed E-state index contributed by atoms with van der Waals surface area (Å²) in [5.41, 5.74) is 3.00. The number of nitrogens with one attached hydrogen (secondary N) is 1. The number of ether oxygens (including phenoxy) is 1. The van der Waals surface area contributed by atoms with Gasteiger partial charge < -0.3 is 15.0 Å². The standard InChI is InChI=1S/C24H28N2O4/c1-2-3-7-18-10-12-21(13-11-18)26-16-20(14-23(26)28)24(29)30-17-22(27)25-15-19-8-5-4-6-9-19/h4-6,8-13,20H,2-3,7,14-17H2,1H3,(H,25,27)/t20-/m1/s1. The fourth-order valence-corrected chi connectivity index (χ4v) is 3.44. The van der Waals surface area contributed by atoms with E-state index in [1.165, 1.54) is 5.56 Å². The van der Waals surface area contributed by atoms with E-state index in [2.05, 4.69) is 12.2 Å². The van der Waals surface area contributed by atoms with E-state index in [9.17, 15) is 14.4 Å². The summed E-state index contributed by atoms with van der Waals surface area (Å²) >= 11 is 0. The number of hydrogen-bond acceptors (Lipinski definition) is 4. The summed E-state index contributed by atoms with van der Waals surface area (Å²) in [5, 5.41) is 2.71. The molecule has 0 spiro atoms. The normalized spacial score (nSPS) is 15.8. The first-order valence-electron chi connectivity index (χ1n) is 10.4. The Hall–Kier alpha value is -3.15. The third-order valence-electron chi connectivity index (χ3n) is 5.20. The van der Waals surface area contributed by atoms with Crippen LogP contribution in [0.15, 0.2) is 54.6 Å². The minimum atomic E-state index is -0.556. The molecule has 0 radical (unpaired) electrons. The molecule has 0 aromatic heterocycles. The first-order chi connectivity index (χ1) is 14.6. The summed E-state index contributed by atoms with van der Waals surface area (Å²) in [7, 11) is 0. The summed E-state index contributed by atoms with van der Waals surface area (Å²) < 4.78 is 5.14. The van der Waals surface area contributed by atoms with Crippen LogP contribution in [0.4, 0.5) is 5.69 Å². The van der Waals surface area contributed by atoms with Gasteiger partial charge in [0.25, 0.3) is 5.91 Å². The van der Waals surface area contributed by atoms with Crippen LogP contribution in [0.2, 0.25) is 0 Å². The SMILES string of the molecule is CCCCc1ccc(N2C[C@H](C(=O)OCC(=O)NCc3ccccc3)CC2=O)cc1. The lowest BCUT2D eigenvalue weighted by Gasteiger charge is -2.17. The number of anilines is 1. The van der Waals surface area contributed by atoms with Crippen LogP contribution in [0, 0.1) is 5.92 Å². The predicted molar refractivity (Wildman–Crippen MR) is 115 cm³/mol. The smallest absolute Gasteiger partial charge is 0.311 e. The Balaban J connectivity index is 1.45. The largest absolute Gasteiger partial charge is 0.455 e. The van der Waals surface area contributed by atoms with E-state index in [1.807, 2.05) is 54.6 Å². The van der Waals surface area contributed by atoms with Crippen LogP contribution in [0.25, 0.3) is 0 Å². The first kappa shape index (κ1) is 21.6. The number of rotatable bonds is 9. The van der Waals surface area contributed by atoms with Gasteiger partial charge >= 0.3 is 5.97 Å². The van der Waals surface area contributed by atoms with Crippen molar-refractivity contribution in [2.45, 2.75) is 39.2 Å². The topological polar surface area (TPSA) is 75.7 Å². The van der Waals surface area contributed by atoms with Gasteiger partial charge in [-0.3, -0.25) is 14.4 Å². The van der Waals surface area contributed by atoms with Gasteiger partial charge in [-0.25, -0.2) is 0 Å². The highest BCUT2D eigenvalue weighted by Crippen LogP contribution is 2.26. The quantitative estimate of drug-likeness (QED) is 0.647. The van der Waals surface area contributed by atoms with Gasteiger partial charge in [0, 0.05) is 25.2 Å². The highest BCUT2D eigenvalue weighted by Gasteiger charge is 2.36. The molecule has 6 heteroatoms. The van der Waals surface area contributed by atoms with Gasteiger partial charge in [0.2, 0.25) is 5.91 Å². The van der Waals surface area contributed by atoms with Gasteiger partial charge in [-0.05, 0) is 36.1 Å². The molecule has 0 unspecified atom stereocenters. The Morgan fingerprint density at radius 2 is 1.80 bits per heavy atom. The van der Waals surface area contributed by atoms with Gasteiger partial charge in [0.1, 0.15) is 0 Å². The molecule has 1 aliphatic heterocycles. The highest BCUT2D eigenvalue weighted by molar-refractivity contribution is 5.99. The lowest BCUT2D eigenvalue weighted by molar-refractivity contribution is -0.152. The number of carbonyl (C=O) groups is 3. The number of amides is 2. The zero-order valence-corrected chi connectivity index (χ0v) is 17.3. The highest BCUT2D eigenvalue weighted by atomic mass is 16.5. The van der Waals surface area contributed by atoms with Gasteiger partial charge in [-0.15, -0.1) is 0 Å². The van der Waals surface area contributed by atoms with Crippen molar-refractivity contribution in [2.24, 2.45) is 5.92 Å². The summed E-state index contributed by atoms with van der Waals surface area (Å²) in [6.45, 7) is 2.46. The van der Waals surface area contributed by atoms with Crippen LogP contribution in [-0.2, 0) is 32.1 Å². The van der Waals surface area contributed by atoms with Gasteiger partial charge in [-0.2, -0.15) is 0 Å². The van der Waals surface area contributed by atoms with E-state index in [0.29, 0.717) is 6.54 Å². The maximum atomic E-state index is 12.4. The Morgan fingerprint density at radius 1 is 1.07 bits per heavy atom. The second-order valence-corrected chi connectivity index (χ2v) is 7.55. The fourth-order valence-electron chi connectivity index (χ4n) is 3.44. The number of esters is 1. The molecule has 6 nitrogen and oxygen atoms in total. The van der Waals surface area contributed by atoms with Crippen LogP contribution in [-0.4, -0.2) is 30.9 Å². The Kier molecular flexibility index (Phi) is 7.60. The van der Waals surface area contributed by atoms with Crippen LogP contribution in [0.1, 0.15) is 37.3 Å². The van der Waals surface area contributed by atoms with Crippen LogP contribution in [0.3, 0.4) is 0 Å². The summed E-state index contributed by atoms with van der Waals surface area (Å²) in [5.74, 6) is -1.54. The molecule has 1 heterocycles. The molecule has 1 fully saturated rings. The third kappa shape index (κ3) is 5.92. The zero-order valence-electron chi connectivity index (χ0n) is 17.3. The van der Waals surface area contributed by atoms with Crippen molar-refractivity contribution < 1.29 is 19.1 Å². The van der Waals surface area contributed by atoms with E-state index in [-0.39, 0.29) is 31.4 Å². The van der Waals surface area contributed by atoms with Crippen molar-refractivity contribution in [1.82, 2.24) is 5.32 Å². The number of aryl methyl sites for hydroxylation is 1. The molecule has 1 atom stereocenters. The van der Waals surface area contributed by atoms with Gasteiger partial charge in [0.15, 0.2) is 6.61 Å². The molecule has 2 amide bonds. The summed E-state index contributed by atoms with van der Waals surface area (Å²) in [6.07, 6.45) is 3.39. The molecule has 2 aromatic carbocycles. The van der Waals surface area contributed by atoms with Crippen molar-refractivity contribution in [3.05, 3.63) is 65.7 Å². The number of carbonyl (C=O) groups excluding carboxylic acids is 3. The zero-order chi connectivity index (χ0) is 21.3. The second-order valence-electron chi connectivity index (χ2n) is 7.55. The van der Waals surface area contributed by atoms with E-state index >= 15 is 0 Å². The summed E-state index contributed by atoms with van der Waals surface area (Å²) in [6, 6.07) is 17.4. The average molecular weight is 408 g/mol. The molecule has 0 bridgehead atoms. The minimum absolute atomic E-state index is 0.0993. The molecule has 2 aromatic rings. The molecular formula is C24H28N2O4. The van der Waals surface area contributed by atoms with Crippen molar-refractivity contribution >= 4 is 23.5 Å². The maximum absolute atomic E-state index is 12.4. The van der Waals surface area contributed by atoms with Crippen LogP contribution < -0.4 is 10.2 Å². The number of unbranched alkanes of at least 4 members (excludes halogenated alkanes) is 1. The Bertz CT molecular complexity index is 865. The monoisotopic (exact) mass is 408 g/mol. The number of benzene rings is 2. The molecule has 1 saturated heterocycles. The summed E-state index contributed by atoms with van der Waals surface area (Å²) in [4.78, 5) is 38.3. The van der Waals surface area contributed by atoms with E-state index < -0.39 is 11.9 Å². The molecule has 0 saturated carbocycles. The van der Waals surface area contributed by atoms with E-state index in [1.54, 1.807) is 4.90 Å². The molecule has 1 aliphatic rings. The van der Waals surface area contributed by atoms with Crippen molar-refractivity contribution in [2.75, 3.05) is 18.1 Å². The molecule has 0 aliphatic carbocycles. The molecular weight excluding hydrogens is 380 g/mol. The molecule has 1 N–H and O–H groups in total. The van der Waals surface area contributed by atoms with E-state index in [4.69, 9.17) is 4.74 Å². The van der Waals surface area contributed by atoms with E-state index in [0.717, 1.165) is 30.5 Å². The van der Waals surface area contributed by atoms with Gasteiger partial charge in [0.05, 0.1) is 5.92 Å². The maximum Gasteiger partial charge on any atom is 0.311 e. The van der Waals surface area contributed by atoms with Crippen LogP contribution in [0.5, 0.6) is 0 Å². The predicted octanol–water partition coefficient (Wildman–Crippen LogP) is 3.24. The minimum Gasteiger partial charge on any atom is -0.455 e. The van der Waals surface area contributed by atoms with Crippen molar-refractivity contribution in [3.63, 3.8) is 0 Å². The second kappa shape index (κ2) is 10.6. The van der Waals surface area contributed by atoms with Crippen LogP contribution >= 0.6 is 0 Å². The Labute approximate surface area is 177 Å². The molecule has 3 rings (SSSR count). The first-order valence-corrected chi connectivity index (χ1v) is 10.4. The van der Waals surface area contributed by atoms with Crippen molar-refractivity contribution in [3.8, 4) is 0 Å². The molecule has 30 heavy (non-hydrogen) atoms. The lowest BCUT2D eigenvalue weighted by atomic mass is 10.1. The molecule has 158 valence electrons. The fraction of sp³-hybridized carbons (Fsp3) is 0.375. The van der Waals surface area contributed by atoms with Crippen molar-refractivity contribution in [1.29, 1.82) is 0 Å². The average Bonchev–Trinajstić information content (AvgIpc) is 3.17. The van der Waals surface area contributed by atoms with Gasteiger partial charge in [-0.1, -0.05) is 55.8 Å². The Morgan fingerprint density at radius 3 is 2.50 bits per heavy atom. The number of hydrogen-bond donors (Lipinski definition) is 1.